The van der Waals surface area contributed by atoms with Crippen molar-refractivity contribution >= 4 is 0 Å². The monoisotopic (exact) mass is 242 g/mol. The second-order valence-corrected chi connectivity index (χ2v) is 5.86. The van der Waals surface area contributed by atoms with Gasteiger partial charge in [0.2, 0.25) is 0 Å². The number of piperidine rings is 1. The van der Waals surface area contributed by atoms with Crippen LogP contribution in [0.1, 0.15) is 32.3 Å². The molecule has 0 amide bonds. The van der Waals surface area contributed by atoms with Crippen molar-refractivity contribution in [2.45, 2.75) is 38.6 Å². The third-order valence-electron chi connectivity index (χ3n) is 4.10. The Balaban J connectivity index is 1.96. The molecule has 1 unspecified atom stereocenters. The van der Waals surface area contributed by atoms with Crippen LogP contribution in [-0.2, 0) is 6.42 Å². The lowest BCUT2D eigenvalue weighted by Crippen LogP contribution is -2.50. The van der Waals surface area contributed by atoms with Crippen LogP contribution in [0.15, 0.2) is 30.3 Å². The minimum Gasteiger partial charge on any atom is -0.297 e. The maximum Gasteiger partial charge on any atom is 0.0669 e. The van der Waals surface area contributed by atoms with Crippen molar-refractivity contribution in [2.75, 3.05) is 13.1 Å². The first-order valence-electron chi connectivity index (χ1n) is 6.80. The fraction of sp³-hybridized carbons (Fsp3) is 0.562. The molecule has 1 aliphatic heterocycles. The van der Waals surface area contributed by atoms with Crippen molar-refractivity contribution in [3.63, 3.8) is 0 Å². The third-order valence-corrected chi connectivity index (χ3v) is 4.10. The highest BCUT2D eigenvalue weighted by atomic mass is 15.2. The predicted octanol–water partition coefficient (Wildman–Crippen LogP) is 3.24. The molecule has 0 aliphatic carbocycles. The molecule has 0 bridgehead atoms. The van der Waals surface area contributed by atoms with Gasteiger partial charge in [0.15, 0.2) is 0 Å². The van der Waals surface area contributed by atoms with Crippen molar-refractivity contribution in [2.24, 2.45) is 5.92 Å². The predicted molar refractivity (Wildman–Crippen MR) is 74.1 cm³/mol. The molecule has 0 saturated carbocycles. The van der Waals surface area contributed by atoms with Crippen LogP contribution >= 0.6 is 0 Å². The lowest BCUT2D eigenvalue weighted by molar-refractivity contribution is 0.0606. The molecule has 2 heteroatoms. The third kappa shape index (κ3) is 3.11. The zero-order valence-electron chi connectivity index (χ0n) is 11.4. The van der Waals surface area contributed by atoms with Gasteiger partial charge in [-0.05, 0) is 38.7 Å². The molecule has 0 spiro atoms. The summed E-state index contributed by atoms with van der Waals surface area (Å²) in [7, 11) is 0. The Morgan fingerprint density at radius 1 is 1.33 bits per heavy atom. The van der Waals surface area contributed by atoms with Crippen molar-refractivity contribution in [3.8, 4) is 6.07 Å². The lowest BCUT2D eigenvalue weighted by Gasteiger charge is -2.44. The minimum atomic E-state index is 0.216. The Hall–Kier alpha value is -1.33. The summed E-state index contributed by atoms with van der Waals surface area (Å²) in [5.41, 5.74) is 1.62. The van der Waals surface area contributed by atoms with Gasteiger partial charge < -0.3 is 0 Å². The molecule has 1 heterocycles. The molecule has 18 heavy (non-hydrogen) atoms. The van der Waals surface area contributed by atoms with Gasteiger partial charge in [0.05, 0.1) is 12.0 Å². The van der Waals surface area contributed by atoms with E-state index in [0.717, 1.165) is 32.4 Å². The smallest absolute Gasteiger partial charge is 0.0669 e. The van der Waals surface area contributed by atoms with Crippen LogP contribution < -0.4 is 0 Å². The van der Waals surface area contributed by atoms with Gasteiger partial charge in [0, 0.05) is 18.6 Å². The first-order valence-corrected chi connectivity index (χ1v) is 6.80. The summed E-state index contributed by atoms with van der Waals surface area (Å²) in [6, 6.07) is 13.0. The SMILES string of the molecule is CC1(C)CCC(C#N)CN1CCc1ccccc1. The summed E-state index contributed by atoms with van der Waals surface area (Å²) in [5, 5.41) is 9.09. The van der Waals surface area contributed by atoms with E-state index in [4.69, 9.17) is 5.26 Å². The van der Waals surface area contributed by atoms with E-state index in [1.54, 1.807) is 0 Å². The van der Waals surface area contributed by atoms with Crippen molar-refractivity contribution in [1.82, 2.24) is 4.90 Å². The summed E-state index contributed by atoms with van der Waals surface area (Å²) in [4.78, 5) is 2.48. The van der Waals surface area contributed by atoms with Gasteiger partial charge in [-0.25, -0.2) is 0 Å². The van der Waals surface area contributed by atoms with Crippen molar-refractivity contribution < 1.29 is 0 Å². The summed E-state index contributed by atoms with van der Waals surface area (Å²) >= 11 is 0. The maximum atomic E-state index is 9.09. The number of nitrogens with zero attached hydrogens (tertiary/aromatic N) is 2. The Labute approximate surface area is 110 Å². The highest BCUT2D eigenvalue weighted by Gasteiger charge is 2.33. The van der Waals surface area contributed by atoms with Crippen LogP contribution in [0.3, 0.4) is 0 Å². The first-order chi connectivity index (χ1) is 8.62. The summed E-state index contributed by atoms with van der Waals surface area (Å²) in [5.74, 6) is 0.216. The molecule has 1 saturated heterocycles. The molecular weight excluding hydrogens is 220 g/mol. The van der Waals surface area contributed by atoms with Gasteiger partial charge in [0.1, 0.15) is 0 Å². The van der Waals surface area contributed by atoms with Gasteiger partial charge in [0.25, 0.3) is 0 Å². The molecule has 1 atom stereocenters. The Morgan fingerprint density at radius 2 is 2.06 bits per heavy atom. The number of benzene rings is 1. The van der Waals surface area contributed by atoms with Crippen LogP contribution in [0.5, 0.6) is 0 Å². The Bertz CT molecular complexity index is 416. The van der Waals surface area contributed by atoms with Crippen LogP contribution in [-0.4, -0.2) is 23.5 Å². The van der Waals surface area contributed by atoms with E-state index in [9.17, 15) is 0 Å². The molecule has 0 aromatic heterocycles. The fourth-order valence-electron chi connectivity index (χ4n) is 2.70. The number of hydrogen-bond acceptors (Lipinski definition) is 2. The van der Waals surface area contributed by atoms with E-state index in [-0.39, 0.29) is 11.5 Å². The quantitative estimate of drug-likeness (QED) is 0.813. The topological polar surface area (TPSA) is 27.0 Å². The molecule has 0 N–H and O–H groups in total. The molecule has 1 aliphatic rings. The van der Waals surface area contributed by atoms with Gasteiger partial charge in [-0.1, -0.05) is 30.3 Å². The van der Waals surface area contributed by atoms with Gasteiger partial charge in [-0.2, -0.15) is 5.26 Å². The zero-order chi connectivity index (χ0) is 13.0. The number of rotatable bonds is 3. The minimum absolute atomic E-state index is 0.216. The molecule has 0 radical (unpaired) electrons. The lowest BCUT2D eigenvalue weighted by atomic mass is 9.85. The maximum absolute atomic E-state index is 9.09. The second-order valence-electron chi connectivity index (χ2n) is 5.86. The highest BCUT2D eigenvalue weighted by molar-refractivity contribution is 5.15. The number of hydrogen-bond donors (Lipinski definition) is 0. The Morgan fingerprint density at radius 3 is 2.72 bits per heavy atom. The zero-order valence-corrected chi connectivity index (χ0v) is 11.4. The molecule has 2 rings (SSSR count). The fourth-order valence-corrected chi connectivity index (χ4v) is 2.70. The van der Waals surface area contributed by atoms with Crippen molar-refractivity contribution in [1.29, 1.82) is 5.26 Å². The normalized spacial score (nSPS) is 23.5. The van der Waals surface area contributed by atoms with E-state index in [1.165, 1.54) is 5.56 Å². The molecule has 1 aromatic rings. The first kappa shape index (κ1) is 13.1. The van der Waals surface area contributed by atoms with E-state index < -0.39 is 0 Å². The summed E-state index contributed by atoms with van der Waals surface area (Å²) in [6.45, 7) is 6.57. The molecular formula is C16H22N2. The largest absolute Gasteiger partial charge is 0.297 e. The van der Waals surface area contributed by atoms with Gasteiger partial charge >= 0.3 is 0 Å². The molecule has 2 nitrogen and oxygen atoms in total. The molecule has 96 valence electrons. The van der Waals surface area contributed by atoms with Crippen LogP contribution in [0.4, 0.5) is 0 Å². The Kier molecular flexibility index (Phi) is 4.04. The molecule has 1 fully saturated rings. The van der Waals surface area contributed by atoms with Gasteiger partial charge in [-0.15, -0.1) is 0 Å². The van der Waals surface area contributed by atoms with Crippen LogP contribution in [0, 0.1) is 17.2 Å². The van der Waals surface area contributed by atoms with E-state index in [2.05, 4.69) is 55.1 Å². The van der Waals surface area contributed by atoms with Gasteiger partial charge in [-0.3, -0.25) is 4.90 Å². The van der Waals surface area contributed by atoms with E-state index in [1.807, 2.05) is 0 Å². The standard InChI is InChI=1S/C16H22N2/c1-16(2)10-8-15(12-17)13-18(16)11-9-14-6-4-3-5-7-14/h3-7,15H,8-11,13H2,1-2H3. The number of likely N-dealkylation sites (tertiary alicyclic amines) is 1. The second kappa shape index (κ2) is 5.54. The average Bonchev–Trinajstić information content (AvgIpc) is 2.38. The average molecular weight is 242 g/mol. The van der Waals surface area contributed by atoms with Crippen LogP contribution in [0.2, 0.25) is 0 Å². The summed E-state index contributed by atoms with van der Waals surface area (Å²) in [6.07, 6.45) is 3.24. The summed E-state index contributed by atoms with van der Waals surface area (Å²) < 4.78 is 0. The van der Waals surface area contributed by atoms with E-state index in [0.29, 0.717) is 0 Å². The highest BCUT2D eigenvalue weighted by Crippen LogP contribution is 2.30. The van der Waals surface area contributed by atoms with Crippen molar-refractivity contribution in [3.05, 3.63) is 35.9 Å². The number of nitriles is 1. The van der Waals surface area contributed by atoms with E-state index >= 15 is 0 Å². The van der Waals surface area contributed by atoms with Crippen LogP contribution in [0.25, 0.3) is 0 Å². The molecule has 1 aromatic carbocycles.